The smallest absolute Gasteiger partial charge is 0.337 e. The van der Waals surface area contributed by atoms with Crippen molar-refractivity contribution >= 4 is 23.4 Å². The van der Waals surface area contributed by atoms with Crippen LogP contribution in [-0.4, -0.2) is 43.4 Å². The highest BCUT2D eigenvalue weighted by Crippen LogP contribution is 2.19. The van der Waals surface area contributed by atoms with Gasteiger partial charge in [0.1, 0.15) is 5.82 Å². The molecule has 88 valence electrons. The second-order valence-corrected chi connectivity index (χ2v) is 3.65. The molecule has 0 radical (unpaired) electrons. The molecule has 6 heteroatoms. The van der Waals surface area contributed by atoms with Crippen molar-refractivity contribution in [3.05, 3.63) is 22.8 Å². The van der Waals surface area contributed by atoms with Gasteiger partial charge in [0.15, 0.2) is 0 Å². The summed E-state index contributed by atoms with van der Waals surface area (Å²) in [6, 6.07) is 1.44. The first-order valence-corrected chi connectivity index (χ1v) is 5.03. The fourth-order valence-electron chi connectivity index (χ4n) is 1.14. The van der Waals surface area contributed by atoms with E-state index in [-0.39, 0.29) is 10.6 Å². The minimum absolute atomic E-state index is 0.0518. The standard InChI is InChI=1S/C10H13ClN2O3/c1-13(3-4-16-2)9-5-7(10(14)15)8(11)6-12-9/h5-6H,3-4H2,1-2H3,(H,14,15). The van der Waals surface area contributed by atoms with Crippen LogP contribution in [0.1, 0.15) is 10.4 Å². The van der Waals surface area contributed by atoms with E-state index in [9.17, 15) is 4.79 Å². The van der Waals surface area contributed by atoms with E-state index in [4.69, 9.17) is 21.4 Å². The molecule has 0 spiro atoms. The van der Waals surface area contributed by atoms with Crippen LogP contribution in [0, 0.1) is 0 Å². The number of halogens is 1. The van der Waals surface area contributed by atoms with E-state index in [2.05, 4.69) is 4.98 Å². The summed E-state index contributed by atoms with van der Waals surface area (Å²) in [5.41, 5.74) is 0.0518. The summed E-state index contributed by atoms with van der Waals surface area (Å²) in [5, 5.41) is 9.03. The first-order chi connectivity index (χ1) is 7.56. The second kappa shape index (κ2) is 5.67. The molecule has 1 aromatic rings. The third-order valence-electron chi connectivity index (χ3n) is 2.09. The lowest BCUT2D eigenvalue weighted by molar-refractivity contribution is 0.0697. The lowest BCUT2D eigenvalue weighted by atomic mass is 10.2. The summed E-state index contributed by atoms with van der Waals surface area (Å²) >= 11 is 5.71. The molecule has 1 rings (SSSR count). The van der Waals surface area contributed by atoms with Gasteiger partial charge in [0.25, 0.3) is 0 Å². The van der Waals surface area contributed by atoms with Gasteiger partial charge in [-0.2, -0.15) is 0 Å². The van der Waals surface area contributed by atoms with Crippen LogP contribution in [0.3, 0.4) is 0 Å². The van der Waals surface area contributed by atoms with Crippen LogP contribution >= 0.6 is 11.6 Å². The molecule has 16 heavy (non-hydrogen) atoms. The third kappa shape index (κ3) is 3.08. The fourth-order valence-corrected chi connectivity index (χ4v) is 1.33. The zero-order chi connectivity index (χ0) is 12.1. The molecule has 0 aliphatic carbocycles. The van der Waals surface area contributed by atoms with Crippen molar-refractivity contribution < 1.29 is 14.6 Å². The van der Waals surface area contributed by atoms with Gasteiger partial charge in [-0.3, -0.25) is 0 Å². The molecule has 0 amide bonds. The van der Waals surface area contributed by atoms with Gasteiger partial charge in [0, 0.05) is 26.9 Å². The van der Waals surface area contributed by atoms with Crippen LogP contribution in [0.4, 0.5) is 5.82 Å². The number of rotatable bonds is 5. The number of aromatic carboxylic acids is 1. The lowest BCUT2D eigenvalue weighted by Crippen LogP contribution is -2.23. The lowest BCUT2D eigenvalue weighted by Gasteiger charge is -2.17. The molecule has 0 saturated heterocycles. The first-order valence-electron chi connectivity index (χ1n) is 4.65. The first kappa shape index (κ1) is 12.7. The Bertz CT molecular complexity index is 384. The predicted octanol–water partition coefficient (Wildman–Crippen LogP) is 1.52. The van der Waals surface area contributed by atoms with E-state index in [1.165, 1.54) is 12.3 Å². The summed E-state index contributed by atoms with van der Waals surface area (Å²) in [6.07, 6.45) is 1.34. The number of carboxylic acids is 1. The number of hydrogen-bond donors (Lipinski definition) is 1. The predicted molar refractivity (Wildman–Crippen MR) is 61.4 cm³/mol. The van der Waals surface area contributed by atoms with Gasteiger partial charge in [0.05, 0.1) is 17.2 Å². The molecule has 0 aliphatic rings. The van der Waals surface area contributed by atoms with Crippen molar-refractivity contribution in [3.63, 3.8) is 0 Å². The normalized spacial score (nSPS) is 10.2. The Labute approximate surface area is 98.6 Å². The Kier molecular flexibility index (Phi) is 4.52. The number of nitrogens with zero attached hydrogens (tertiary/aromatic N) is 2. The number of anilines is 1. The van der Waals surface area contributed by atoms with Crippen LogP contribution in [-0.2, 0) is 4.74 Å². The van der Waals surface area contributed by atoms with E-state index in [1.807, 2.05) is 0 Å². The summed E-state index contributed by atoms with van der Waals surface area (Å²) < 4.78 is 4.92. The molecule has 1 N–H and O–H groups in total. The Morgan fingerprint density at radius 3 is 2.94 bits per heavy atom. The molecule has 1 heterocycles. The maximum Gasteiger partial charge on any atom is 0.337 e. The average molecular weight is 245 g/mol. The summed E-state index contributed by atoms with van der Waals surface area (Å²) in [6.45, 7) is 1.17. The van der Waals surface area contributed by atoms with Crippen molar-refractivity contribution in [1.29, 1.82) is 0 Å². The van der Waals surface area contributed by atoms with Gasteiger partial charge < -0.3 is 14.7 Å². The monoisotopic (exact) mass is 244 g/mol. The fraction of sp³-hybridized carbons (Fsp3) is 0.400. The van der Waals surface area contributed by atoms with E-state index in [1.54, 1.807) is 19.1 Å². The van der Waals surface area contributed by atoms with Crippen LogP contribution in [0.15, 0.2) is 12.3 Å². The van der Waals surface area contributed by atoms with Gasteiger partial charge in [0.2, 0.25) is 0 Å². The van der Waals surface area contributed by atoms with Gasteiger partial charge in [-0.25, -0.2) is 9.78 Å². The zero-order valence-electron chi connectivity index (χ0n) is 9.11. The number of carboxylic acid groups (broad SMARTS) is 1. The highest BCUT2D eigenvalue weighted by atomic mass is 35.5. The molecule has 1 aromatic heterocycles. The van der Waals surface area contributed by atoms with Crippen molar-refractivity contribution in [2.24, 2.45) is 0 Å². The number of likely N-dealkylation sites (N-methyl/N-ethyl adjacent to an activating group) is 1. The number of pyridine rings is 1. The molecule has 0 atom stereocenters. The average Bonchev–Trinajstić information content (AvgIpc) is 2.26. The SMILES string of the molecule is COCCN(C)c1cc(C(=O)O)c(Cl)cn1. The molecule has 0 unspecified atom stereocenters. The summed E-state index contributed by atoms with van der Waals surface area (Å²) in [5.74, 6) is -0.507. The number of carbonyl (C=O) groups is 1. The van der Waals surface area contributed by atoms with E-state index < -0.39 is 5.97 Å². The molecular weight excluding hydrogens is 232 g/mol. The van der Waals surface area contributed by atoms with Crippen molar-refractivity contribution in [3.8, 4) is 0 Å². The quantitative estimate of drug-likeness (QED) is 0.851. The molecule has 5 nitrogen and oxygen atoms in total. The van der Waals surface area contributed by atoms with Crippen molar-refractivity contribution in [2.45, 2.75) is 0 Å². The van der Waals surface area contributed by atoms with Crippen LogP contribution < -0.4 is 4.90 Å². The van der Waals surface area contributed by atoms with Gasteiger partial charge in [-0.15, -0.1) is 0 Å². The molecule has 0 bridgehead atoms. The minimum atomic E-state index is -1.06. The van der Waals surface area contributed by atoms with E-state index >= 15 is 0 Å². The molecular formula is C10H13ClN2O3. The molecule has 0 saturated carbocycles. The molecule has 0 aliphatic heterocycles. The van der Waals surface area contributed by atoms with Gasteiger partial charge >= 0.3 is 5.97 Å². The van der Waals surface area contributed by atoms with E-state index in [0.29, 0.717) is 19.0 Å². The minimum Gasteiger partial charge on any atom is -0.478 e. The number of aromatic nitrogens is 1. The van der Waals surface area contributed by atoms with Crippen LogP contribution in [0.25, 0.3) is 0 Å². The molecule has 0 aromatic carbocycles. The van der Waals surface area contributed by atoms with Crippen LogP contribution in [0.2, 0.25) is 5.02 Å². The largest absolute Gasteiger partial charge is 0.478 e. The topological polar surface area (TPSA) is 62.7 Å². The Balaban J connectivity index is 2.89. The van der Waals surface area contributed by atoms with E-state index in [0.717, 1.165) is 0 Å². The van der Waals surface area contributed by atoms with Crippen molar-refractivity contribution in [1.82, 2.24) is 4.98 Å². The summed E-state index contributed by atoms with van der Waals surface area (Å²) in [4.78, 5) is 16.7. The van der Waals surface area contributed by atoms with Gasteiger partial charge in [-0.1, -0.05) is 11.6 Å². The second-order valence-electron chi connectivity index (χ2n) is 3.24. The number of ether oxygens (including phenoxy) is 1. The highest BCUT2D eigenvalue weighted by Gasteiger charge is 2.12. The molecule has 0 fully saturated rings. The maximum absolute atomic E-state index is 10.9. The highest BCUT2D eigenvalue weighted by molar-refractivity contribution is 6.33. The van der Waals surface area contributed by atoms with Crippen molar-refractivity contribution in [2.75, 3.05) is 32.2 Å². The summed E-state index contributed by atoms with van der Waals surface area (Å²) in [7, 11) is 3.41. The maximum atomic E-state index is 10.9. The Hall–Kier alpha value is -1.33. The van der Waals surface area contributed by atoms with Crippen LogP contribution in [0.5, 0.6) is 0 Å². The number of methoxy groups -OCH3 is 1. The number of hydrogen-bond acceptors (Lipinski definition) is 4. The zero-order valence-corrected chi connectivity index (χ0v) is 9.86. The third-order valence-corrected chi connectivity index (χ3v) is 2.39. The Morgan fingerprint density at radius 1 is 1.69 bits per heavy atom. The van der Waals surface area contributed by atoms with Gasteiger partial charge in [-0.05, 0) is 6.07 Å². The Morgan fingerprint density at radius 2 is 2.38 bits per heavy atom.